The Labute approximate surface area is 169 Å². The quantitative estimate of drug-likeness (QED) is 0.707. The molecule has 2 aromatic rings. The molecule has 0 radical (unpaired) electrons. The van der Waals surface area contributed by atoms with Crippen molar-refractivity contribution in [2.24, 2.45) is 0 Å². The van der Waals surface area contributed by atoms with Crippen LogP contribution in [0.15, 0.2) is 47.6 Å². The number of amides is 2. The molecule has 0 aliphatic rings. The number of rotatable bonds is 7. The molecule has 0 saturated heterocycles. The number of carbonyl (C=O) groups excluding carboxylic acids is 2. The van der Waals surface area contributed by atoms with Crippen molar-refractivity contribution in [1.82, 2.24) is 14.6 Å². The van der Waals surface area contributed by atoms with Crippen LogP contribution in [-0.2, 0) is 14.8 Å². The van der Waals surface area contributed by atoms with Gasteiger partial charge in [-0.25, -0.2) is 8.42 Å². The maximum absolute atomic E-state index is 12.5. The number of benzene rings is 1. The van der Waals surface area contributed by atoms with Crippen molar-refractivity contribution in [3.8, 4) is 0 Å². The summed E-state index contributed by atoms with van der Waals surface area (Å²) < 4.78 is 25.8. The first-order valence-corrected chi connectivity index (χ1v) is 10.2. The predicted octanol–water partition coefficient (Wildman–Crippen LogP) is 2.13. The lowest BCUT2D eigenvalue weighted by molar-refractivity contribution is -0.116. The van der Waals surface area contributed by atoms with Crippen molar-refractivity contribution in [2.45, 2.75) is 24.8 Å². The smallest absolute Gasteiger partial charge is 0.251 e. The predicted molar refractivity (Wildman–Crippen MR) is 107 cm³/mol. The van der Waals surface area contributed by atoms with Crippen LogP contribution in [-0.4, -0.2) is 49.2 Å². The number of hydrogen-bond acceptors (Lipinski definition) is 5. The third-order valence-electron chi connectivity index (χ3n) is 3.63. The summed E-state index contributed by atoms with van der Waals surface area (Å²) >= 11 is 6.09. The van der Waals surface area contributed by atoms with Crippen LogP contribution in [0.1, 0.15) is 24.2 Å². The first-order chi connectivity index (χ1) is 13.1. The Morgan fingerprint density at radius 1 is 1.25 bits per heavy atom. The summed E-state index contributed by atoms with van der Waals surface area (Å²) in [7, 11) is -2.57. The number of pyridine rings is 1. The van der Waals surface area contributed by atoms with E-state index in [1.54, 1.807) is 0 Å². The summed E-state index contributed by atoms with van der Waals surface area (Å²) in [4.78, 5) is 28.2. The third kappa shape index (κ3) is 5.51. The molecule has 28 heavy (non-hydrogen) atoms. The first kappa shape index (κ1) is 21.8. The summed E-state index contributed by atoms with van der Waals surface area (Å²) in [6.07, 6.45) is 2.66. The van der Waals surface area contributed by atoms with Crippen LogP contribution in [0.25, 0.3) is 0 Å². The van der Waals surface area contributed by atoms with Crippen LogP contribution < -0.4 is 10.6 Å². The highest BCUT2D eigenvalue weighted by atomic mass is 35.5. The van der Waals surface area contributed by atoms with Gasteiger partial charge in [-0.15, -0.1) is 0 Å². The Balaban J connectivity index is 2.11. The van der Waals surface area contributed by atoms with Crippen LogP contribution in [0.5, 0.6) is 0 Å². The number of aromatic nitrogens is 1. The molecule has 0 aliphatic heterocycles. The lowest BCUT2D eigenvalue weighted by Crippen LogP contribution is -2.35. The van der Waals surface area contributed by atoms with Gasteiger partial charge < -0.3 is 10.6 Å². The fourth-order valence-electron chi connectivity index (χ4n) is 2.26. The van der Waals surface area contributed by atoms with Gasteiger partial charge in [-0.05, 0) is 44.2 Å². The summed E-state index contributed by atoms with van der Waals surface area (Å²) in [6, 6.07) is 7.30. The Hall–Kier alpha value is -2.49. The molecule has 2 amide bonds. The van der Waals surface area contributed by atoms with Gasteiger partial charge >= 0.3 is 0 Å². The van der Waals surface area contributed by atoms with Gasteiger partial charge in [0.1, 0.15) is 4.90 Å². The highest BCUT2D eigenvalue weighted by Crippen LogP contribution is 2.23. The van der Waals surface area contributed by atoms with E-state index in [9.17, 15) is 18.0 Å². The number of nitrogens with zero attached hydrogens (tertiary/aromatic N) is 2. The zero-order valence-electron chi connectivity index (χ0n) is 15.6. The van der Waals surface area contributed by atoms with Crippen molar-refractivity contribution < 1.29 is 18.0 Å². The molecule has 0 bridgehead atoms. The number of carbonyl (C=O) groups is 2. The minimum Gasteiger partial charge on any atom is -0.350 e. The van der Waals surface area contributed by atoms with Gasteiger partial charge in [0.05, 0.1) is 17.3 Å². The summed E-state index contributed by atoms with van der Waals surface area (Å²) in [5.41, 5.74) is 0.542. The van der Waals surface area contributed by atoms with Gasteiger partial charge in [0, 0.05) is 31.0 Å². The second-order valence-corrected chi connectivity index (χ2v) is 8.77. The number of likely N-dealkylation sites (N-methyl/N-ethyl adjacent to an activating group) is 1. The molecule has 2 N–H and O–H groups in total. The molecule has 0 unspecified atom stereocenters. The minimum absolute atomic E-state index is 0.0179. The largest absolute Gasteiger partial charge is 0.350 e. The molecule has 10 heteroatoms. The zero-order chi connectivity index (χ0) is 20.9. The monoisotopic (exact) mass is 424 g/mol. The van der Waals surface area contributed by atoms with Gasteiger partial charge in [-0.2, -0.15) is 4.31 Å². The Morgan fingerprint density at radius 3 is 2.57 bits per heavy atom. The summed E-state index contributed by atoms with van der Waals surface area (Å²) in [6.45, 7) is 3.22. The van der Waals surface area contributed by atoms with E-state index >= 15 is 0 Å². The fourth-order valence-corrected chi connectivity index (χ4v) is 3.52. The van der Waals surface area contributed by atoms with E-state index < -0.39 is 22.5 Å². The highest BCUT2D eigenvalue weighted by molar-refractivity contribution is 7.89. The van der Waals surface area contributed by atoms with Crippen LogP contribution in [0.2, 0.25) is 5.02 Å². The summed E-state index contributed by atoms with van der Waals surface area (Å²) in [5, 5.41) is 5.51. The SMILES string of the molecule is CC(C)NC(=O)c1ccc(Cl)c(NC(=O)CN(C)S(=O)(=O)c2cccnc2)c1. The van der Waals surface area contributed by atoms with E-state index in [-0.39, 0.29) is 27.6 Å². The maximum Gasteiger partial charge on any atom is 0.251 e. The lowest BCUT2D eigenvalue weighted by Gasteiger charge is -2.17. The standard InChI is InChI=1S/C18H21ClN4O4S/c1-12(2)21-18(25)13-6-7-15(19)16(9-13)22-17(24)11-23(3)28(26,27)14-5-4-8-20-10-14/h4-10,12H,11H2,1-3H3,(H,21,25)(H,22,24). The van der Waals surface area contributed by atoms with Gasteiger partial charge in [0.25, 0.3) is 5.91 Å². The van der Waals surface area contributed by atoms with Crippen molar-refractivity contribution in [3.63, 3.8) is 0 Å². The number of nitrogens with one attached hydrogen (secondary N) is 2. The maximum atomic E-state index is 12.5. The molecular weight excluding hydrogens is 404 g/mol. The molecule has 150 valence electrons. The molecule has 1 aromatic heterocycles. The number of anilines is 1. The van der Waals surface area contributed by atoms with E-state index in [4.69, 9.17) is 11.6 Å². The van der Waals surface area contributed by atoms with E-state index in [0.29, 0.717) is 5.56 Å². The summed E-state index contributed by atoms with van der Waals surface area (Å²) in [5.74, 6) is -0.906. The second kappa shape index (κ2) is 9.13. The van der Waals surface area contributed by atoms with Crippen LogP contribution in [0, 0.1) is 0 Å². The van der Waals surface area contributed by atoms with Gasteiger partial charge in [0.2, 0.25) is 15.9 Å². The second-order valence-electron chi connectivity index (χ2n) is 6.32. The Morgan fingerprint density at radius 2 is 1.96 bits per heavy atom. The van der Waals surface area contributed by atoms with E-state index in [0.717, 1.165) is 4.31 Å². The highest BCUT2D eigenvalue weighted by Gasteiger charge is 2.23. The fraction of sp³-hybridized carbons (Fsp3) is 0.278. The van der Waals surface area contributed by atoms with E-state index in [2.05, 4.69) is 15.6 Å². The third-order valence-corrected chi connectivity index (χ3v) is 5.75. The molecule has 0 atom stereocenters. The molecule has 1 aromatic carbocycles. The minimum atomic E-state index is -3.86. The molecular formula is C18H21ClN4O4S. The molecule has 0 spiro atoms. The van der Waals surface area contributed by atoms with Crippen molar-refractivity contribution in [1.29, 1.82) is 0 Å². The average Bonchev–Trinajstić information content (AvgIpc) is 2.63. The van der Waals surface area contributed by atoms with Crippen LogP contribution in [0.4, 0.5) is 5.69 Å². The Bertz CT molecular complexity index is 965. The van der Waals surface area contributed by atoms with Crippen molar-refractivity contribution >= 4 is 39.1 Å². The van der Waals surface area contributed by atoms with Crippen LogP contribution >= 0.6 is 11.6 Å². The van der Waals surface area contributed by atoms with Gasteiger partial charge in [-0.3, -0.25) is 14.6 Å². The van der Waals surface area contributed by atoms with E-state index in [1.807, 2.05) is 13.8 Å². The van der Waals surface area contributed by atoms with E-state index in [1.165, 1.54) is 49.8 Å². The van der Waals surface area contributed by atoms with Gasteiger partial charge in [0.15, 0.2) is 0 Å². The Kier molecular flexibility index (Phi) is 7.11. The molecule has 8 nitrogen and oxygen atoms in total. The number of sulfonamides is 1. The molecule has 0 aliphatic carbocycles. The first-order valence-electron chi connectivity index (χ1n) is 8.38. The average molecular weight is 425 g/mol. The van der Waals surface area contributed by atoms with Crippen molar-refractivity contribution in [3.05, 3.63) is 53.3 Å². The number of hydrogen-bond donors (Lipinski definition) is 2. The normalized spacial score (nSPS) is 11.5. The molecule has 0 saturated carbocycles. The topological polar surface area (TPSA) is 108 Å². The van der Waals surface area contributed by atoms with Crippen LogP contribution in [0.3, 0.4) is 0 Å². The lowest BCUT2D eigenvalue weighted by atomic mass is 10.1. The molecule has 0 fully saturated rings. The zero-order valence-corrected chi connectivity index (χ0v) is 17.2. The van der Waals surface area contributed by atoms with Gasteiger partial charge in [-0.1, -0.05) is 11.6 Å². The molecule has 1 heterocycles. The number of halogens is 1. The molecule has 2 rings (SSSR count). The van der Waals surface area contributed by atoms with Crippen molar-refractivity contribution in [2.75, 3.05) is 18.9 Å².